The summed E-state index contributed by atoms with van der Waals surface area (Å²) < 4.78 is 10.7. The summed E-state index contributed by atoms with van der Waals surface area (Å²) in [6, 6.07) is 0. The van der Waals surface area contributed by atoms with Gasteiger partial charge in [0.05, 0.1) is 19.8 Å². The van der Waals surface area contributed by atoms with Crippen LogP contribution < -0.4 is 5.73 Å². The molecule has 0 aliphatic heterocycles. The monoisotopic (exact) mass is 460 g/mol. The van der Waals surface area contributed by atoms with Crippen LogP contribution in [0.3, 0.4) is 0 Å². The molecule has 33 heavy (non-hydrogen) atoms. The van der Waals surface area contributed by atoms with Gasteiger partial charge in [-0.3, -0.25) is 4.79 Å². The standard InChI is InChI=1S/C26H44N4O3/c1-2-3-4-5-6-7-8-9-10-11-12-13-14-15-16-17-18-25(26(27)31)19-21-32-23-24-33-22-20-29-30-28/h6-7,9-10,12-13,15-16,25H,2-5,8,11,14,17-24H2,1H3,(H2,27,31). The Bertz CT molecular complexity index is 623. The fourth-order valence-corrected chi connectivity index (χ4v) is 2.98. The van der Waals surface area contributed by atoms with Crippen molar-refractivity contribution in [2.45, 2.75) is 71.1 Å². The predicted octanol–water partition coefficient (Wildman–Crippen LogP) is 6.58. The van der Waals surface area contributed by atoms with E-state index in [0.717, 1.165) is 32.1 Å². The van der Waals surface area contributed by atoms with Gasteiger partial charge in [0.15, 0.2) is 0 Å². The number of nitrogens with zero attached hydrogens (tertiary/aromatic N) is 3. The number of azide groups is 1. The first-order chi connectivity index (χ1) is 16.2. The van der Waals surface area contributed by atoms with E-state index in [9.17, 15) is 4.79 Å². The Morgan fingerprint density at radius 3 is 2.00 bits per heavy atom. The van der Waals surface area contributed by atoms with Gasteiger partial charge in [0.2, 0.25) is 5.91 Å². The third kappa shape index (κ3) is 24.1. The van der Waals surface area contributed by atoms with E-state index in [-0.39, 0.29) is 11.8 Å². The molecule has 0 bridgehead atoms. The molecule has 0 aromatic rings. The molecule has 0 aliphatic rings. The van der Waals surface area contributed by atoms with Gasteiger partial charge in [-0.15, -0.1) is 0 Å². The highest BCUT2D eigenvalue weighted by molar-refractivity contribution is 5.76. The average Bonchev–Trinajstić information content (AvgIpc) is 2.81. The zero-order valence-corrected chi connectivity index (χ0v) is 20.4. The number of carbonyl (C=O) groups excluding carboxylic acids is 1. The van der Waals surface area contributed by atoms with Crippen LogP contribution in [0.25, 0.3) is 10.4 Å². The van der Waals surface area contributed by atoms with Gasteiger partial charge in [-0.1, -0.05) is 73.5 Å². The first-order valence-corrected chi connectivity index (χ1v) is 12.3. The topological polar surface area (TPSA) is 110 Å². The summed E-state index contributed by atoms with van der Waals surface area (Å²) in [5, 5.41) is 3.38. The summed E-state index contributed by atoms with van der Waals surface area (Å²) in [6.07, 6.45) is 27.6. The van der Waals surface area contributed by atoms with Gasteiger partial charge in [-0.05, 0) is 56.9 Å². The number of nitrogens with two attached hydrogens (primary N) is 1. The number of ether oxygens (including phenoxy) is 2. The fourth-order valence-electron chi connectivity index (χ4n) is 2.98. The summed E-state index contributed by atoms with van der Waals surface area (Å²) in [7, 11) is 0. The highest BCUT2D eigenvalue weighted by atomic mass is 16.5. The quantitative estimate of drug-likeness (QED) is 0.0611. The molecule has 0 spiro atoms. The van der Waals surface area contributed by atoms with E-state index >= 15 is 0 Å². The van der Waals surface area contributed by atoms with E-state index in [2.05, 4.69) is 65.6 Å². The van der Waals surface area contributed by atoms with Crippen LogP contribution in [0.4, 0.5) is 0 Å². The lowest BCUT2D eigenvalue weighted by molar-refractivity contribution is -0.122. The lowest BCUT2D eigenvalue weighted by atomic mass is 9.99. The second-order valence-electron chi connectivity index (χ2n) is 7.73. The highest BCUT2D eigenvalue weighted by Gasteiger charge is 2.13. The van der Waals surface area contributed by atoms with E-state index in [0.29, 0.717) is 39.4 Å². The lowest BCUT2D eigenvalue weighted by Crippen LogP contribution is -2.24. The molecule has 7 heteroatoms. The van der Waals surface area contributed by atoms with Crippen LogP contribution in [0, 0.1) is 5.92 Å². The van der Waals surface area contributed by atoms with Crippen molar-refractivity contribution in [2.75, 3.05) is 33.0 Å². The molecule has 186 valence electrons. The van der Waals surface area contributed by atoms with E-state index < -0.39 is 0 Å². The number of hydrogen-bond acceptors (Lipinski definition) is 4. The SMILES string of the molecule is CCCCCC=CCC=CCC=CCC=CCCC(CCOCCOCCN=[N+]=[N-])C(N)=O. The Kier molecular flexibility index (Phi) is 24.1. The number of unbranched alkanes of at least 4 members (excludes halogenated alkanes) is 3. The summed E-state index contributed by atoms with van der Waals surface area (Å²) in [6.45, 7) is 4.28. The number of hydrogen-bond donors (Lipinski definition) is 1. The maximum Gasteiger partial charge on any atom is 0.220 e. The van der Waals surface area contributed by atoms with E-state index in [4.69, 9.17) is 20.7 Å². The van der Waals surface area contributed by atoms with Crippen LogP contribution in [-0.2, 0) is 14.3 Å². The van der Waals surface area contributed by atoms with Crippen LogP contribution in [0.15, 0.2) is 53.7 Å². The normalized spacial score (nSPS) is 12.9. The molecule has 0 saturated carbocycles. The zero-order chi connectivity index (χ0) is 24.2. The largest absolute Gasteiger partial charge is 0.379 e. The molecular formula is C26H44N4O3. The first-order valence-electron chi connectivity index (χ1n) is 12.3. The Labute approximate surface area is 200 Å². The third-order valence-corrected chi connectivity index (χ3v) is 4.92. The molecule has 0 fully saturated rings. The van der Waals surface area contributed by atoms with Crippen LogP contribution in [-0.4, -0.2) is 38.9 Å². The third-order valence-electron chi connectivity index (χ3n) is 4.92. The maximum absolute atomic E-state index is 11.6. The van der Waals surface area contributed by atoms with Crippen molar-refractivity contribution in [1.82, 2.24) is 0 Å². The molecular weight excluding hydrogens is 416 g/mol. The van der Waals surface area contributed by atoms with Gasteiger partial charge >= 0.3 is 0 Å². The van der Waals surface area contributed by atoms with Crippen molar-refractivity contribution < 1.29 is 14.3 Å². The van der Waals surface area contributed by atoms with Crippen LogP contribution in [0.5, 0.6) is 0 Å². The van der Waals surface area contributed by atoms with Crippen molar-refractivity contribution >= 4 is 5.91 Å². The minimum Gasteiger partial charge on any atom is -0.379 e. The van der Waals surface area contributed by atoms with Crippen molar-refractivity contribution in [3.63, 3.8) is 0 Å². The number of carbonyl (C=O) groups is 1. The number of allylic oxidation sites excluding steroid dienone is 8. The molecule has 0 saturated heterocycles. The molecule has 2 N–H and O–H groups in total. The smallest absolute Gasteiger partial charge is 0.220 e. The molecule has 0 radical (unpaired) electrons. The summed E-state index contributed by atoms with van der Waals surface area (Å²) >= 11 is 0. The first kappa shape index (κ1) is 30.7. The predicted molar refractivity (Wildman–Crippen MR) is 137 cm³/mol. The molecule has 0 rings (SSSR count). The molecule has 0 aromatic carbocycles. The molecule has 1 unspecified atom stereocenters. The fraction of sp³-hybridized carbons (Fsp3) is 0.654. The average molecular weight is 461 g/mol. The number of amides is 1. The van der Waals surface area contributed by atoms with Crippen LogP contribution >= 0.6 is 0 Å². The Hall–Kier alpha value is -2.34. The Balaban J connectivity index is 3.72. The second kappa shape index (κ2) is 25.9. The molecule has 0 heterocycles. The summed E-state index contributed by atoms with van der Waals surface area (Å²) in [4.78, 5) is 14.3. The van der Waals surface area contributed by atoms with Crippen LogP contribution in [0.1, 0.15) is 71.1 Å². The van der Waals surface area contributed by atoms with Crippen molar-refractivity contribution in [3.8, 4) is 0 Å². The zero-order valence-electron chi connectivity index (χ0n) is 20.4. The van der Waals surface area contributed by atoms with Gasteiger partial charge in [-0.25, -0.2) is 0 Å². The van der Waals surface area contributed by atoms with E-state index in [1.54, 1.807) is 0 Å². The van der Waals surface area contributed by atoms with Gasteiger partial charge in [0, 0.05) is 24.0 Å². The van der Waals surface area contributed by atoms with E-state index in [1.807, 2.05) is 0 Å². The molecule has 0 aromatic heterocycles. The van der Waals surface area contributed by atoms with E-state index in [1.165, 1.54) is 25.7 Å². The van der Waals surface area contributed by atoms with Crippen molar-refractivity contribution in [1.29, 1.82) is 0 Å². The van der Waals surface area contributed by atoms with Crippen molar-refractivity contribution in [2.24, 2.45) is 16.8 Å². The number of rotatable bonds is 23. The molecule has 1 amide bonds. The molecule has 1 atom stereocenters. The maximum atomic E-state index is 11.6. The van der Waals surface area contributed by atoms with Gasteiger partial charge in [0.25, 0.3) is 0 Å². The van der Waals surface area contributed by atoms with Gasteiger partial charge in [-0.2, -0.15) is 0 Å². The second-order valence-corrected chi connectivity index (χ2v) is 7.73. The molecule has 0 aliphatic carbocycles. The minimum absolute atomic E-state index is 0.179. The highest BCUT2D eigenvalue weighted by Crippen LogP contribution is 2.12. The Morgan fingerprint density at radius 1 is 0.848 bits per heavy atom. The lowest BCUT2D eigenvalue weighted by Gasteiger charge is -2.12. The summed E-state index contributed by atoms with van der Waals surface area (Å²) in [5.41, 5.74) is 13.7. The van der Waals surface area contributed by atoms with Crippen LogP contribution in [0.2, 0.25) is 0 Å². The minimum atomic E-state index is -0.278. The Morgan fingerprint density at radius 2 is 1.42 bits per heavy atom. The molecule has 7 nitrogen and oxygen atoms in total. The summed E-state index contributed by atoms with van der Waals surface area (Å²) in [5.74, 6) is -0.456. The van der Waals surface area contributed by atoms with Gasteiger partial charge in [0.1, 0.15) is 0 Å². The van der Waals surface area contributed by atoms with Crippen molar-refractivity contribution in [3.05, 3.63) is 59.1 Å². The number of primary amides is 1. The van der Waals surface area contributed by atoms with Gasteiger partial charge < -0.3 is 15.2 Å².